The van der Waals surface area contributed by atoms with E-state index < -0.39 is 0 Å². The number of carbonyl (C=O) groups excluding carboxylic acids is 1. The molecule has 0 saturated heterocycles. The average molecular weight is 419 g/mol. The third-order valence-electron chi connectivity index (χ3n) is 3.90. The van der Waals surface area contributed by atoms with E-state index in [-0.39, 0.29) is 5.78 Å². The maximum absolute atomic E-state index is 12.6. The summed E-state index contributed by atoms with van der Waals surface area (Å²) in [6.45, 7) is 6.95. The van der Waals surface area contributed by atoms with Gasteiger partial charge in [0.1, 0.15) is 0 Å². The summed E-state index contributed by atoms with van der Waals surface area (Å²) >= 11 is 5.02. The van der Waals surface area contributed by atoms with Crippen LogP contribution in [0, 0.1) is 13.8 Å². The summed E-state index contributed by atoms with van der Waals surface area (Å²) < 4.78 is 1.02. The van der Waals surface area contributed by atoms with Crippen molar-refractivity contribution >= 4 is 45.5 Å². The van der Waals surface area contributed by atoms with Gasteiger partial charge in [-0.3, -0.25) is 4.79 Å². The highest BCUT2D eigenvalue weighted by Gasteiger charge is 2.12. The summed E-state index contributed by atoms with van der Waals surface area (Å²) in [5.41, 5.74) is 3.68. The summed E-state index contributed by atoms with van der Waals surface area (Å²) in [6.07, 6.45) is 1.83. The lowest BCUT2D eigenvalue weighted by Gasteiger charge is -2.11. The SMILES string of the molecule is CCN(C)C=Nc1cc(C)c(C(=O)CSc2cccc(Br)c2)cc1C. The number of Topliss-reactive ketones (excluding diaryl/α,β-unsaturated/α-hetero) is 1. The van der Waals surface area contributed by atoms with Crippen molar-refractivity contribution < 1.29 is 4.79 Å². The van der Waals surface area contributed by atoms with Gasteiger partial charge in [-0.1, -0.05) is 22.0 Å². The molecule has 0 amide bonds. The van der Waals surface area contributed by atoms with Gasteiger partial charge in [0.05, 0.1) is 17.8 Å². The number of carbonyl (C=O) groups is 1. The molecule has 5 heteroatoms. The fraction of sp³-hybridized carbons (Fsp3) is 0.300. The van der Waals surface area contributed by atoms with Crippen LogP contribution >= 0.6 is 27.7 Å². The van der Waals surface area contributed by atoms with Crippen molar-refractivity contribution in [3.8, 4) is 0 Å². The van der Waals surface area contributed by atoms with Crippen molar-refractivity contribution in [2.24, 2.45) is 4.99 Å². The molecule has 0 bridgehead atoms. The van der Waals surface area contributed by atoms with Gasteiger partial charge in [0.15, 0.2) is 5.78 Å². The lowest BCUT2D eigenvalue weighted by molar-refractivity contribution is 0.102. The first-order valence-electron chi connectivity index (χ1n) is 8.18. The molecular weight excluding hydrogens is 396 g/mol. The summed E-state index contributed by atoms with van der Waals surface area (Å²) in [6, 6.07) is 12.0. The van der Waals surface area contributed by atoms with Crippen LogP contribution in [0.2, 0.25) is 0 Å². The van der Waals surface area contributed by atoms with E-state index >= 15 is 0 Å². The van der Waals surface area contributed by atoms with Crippen LogP contribution in [-0.2, 0) is 0 Å². The first kappa shape index (κ1) is 19.7. The van der Waals surface area contributed by atoms with Gasteiger partial charge >= 0.3 is 0 Å². The number of benzene rings is 2. The van der Waals surface area contributed by atoms with E-state index in [2.05, 4.69) is 27.8 Å². The van der Waals surface area contributed by atoms with Crippen LogP contribution in [0.1, 0.15) is 28.4 Å². The van der Waals surface area contributed by atoms with Crippen molar-refractivity contribution in [1.82, 2.24) is 4.90 Å². The molecule has 0 saturated carbocycles. The normalized spacial score (nSPS) is 11.1. The summed E-state index contributed by atoms with van der Waals surface area (Å²) in [7, 11) is 1.99. The van der Waals surface area contributed by atoms with Crippen molar-refractivity contribution in [1.29, 1.82) is 0 Å². The van der Waals surface area contributed by atoms with Gasteiger partial charge < -0.3 is 4.90 Å². The Morgan fingerprint density at radius 1 is 1.24 bits per heavy atom. The number of nitrogens with zero attached hydrogens (tertiary/aromatic N) is 2. The molecule has 2 rings (SSSR count). The first-order chi connectivity index (χ1) is 11.9. The van der Waals surface area contributed by atoms with Gasteiger partial charge in [-0.05, 0) is 62.2 Å². The van der Waals surface area contributed by atoms with E-state index in [4.69, 9.17) is 0 Å². The van der Waals surface area contributed by atoms with E-state index in [9.17, 15) is 4.79 Å². The molecule has 0 aliphatic heterocycles. The minimum absolute atomic E-state index is 0.145. The molecule has 25 heavy (non-hydrogen) atoms. The zero-order valence-electron chi connectivity index (χ0n) is 15.0. The molecule has 0 heterocycles. The Kier molecular flexibility index (Phi) is 7.26. The number of aryl methyl sites for hydroxylation is 2. The fourth-order valence-corrected chi connectivity index (χ4v) is 3.66. The minimum atomic E-state index is 0.145. The molecule has 0 aliphatic rings. The topological polar surface area (TPSA) is 32.7 Å². The van der Waals surface area contributed by atoms with E-state index in [1.807, 2.05) is 68.5 Å². The summed E-state index contributed by atoms with van der Waals surface area (Å²) in [5, 5.41) is 0. The lowest BCUT2D eigenvalue weighted by atomic mass is 10.0. The van der Waals surface area contributed by atoms with E-state index in [0.717, 1.165) is 38.3 Å². The molecule has 0 fully saturated rings. The predicted molar refractivity (Wildman–Crippen MR) is 112 cm³/mol. The number of halogens is 1. The van der Waals surface area contributed by atoms with Gasteiger partial charge in [-0.15, -0.1) is 11.8 Å². The zero-order valence-corrected chi connectivity index (χ0v) is 17.4. The maximum atomic E-state index is 12.6. The second kappa shape index (κ2) is 9.20. The quantitative estimate of drug-likeness (QED) is 0.252. The number of aliphatic imine (C=N–C) groups is 1. The molecular formula is C20H23BrN2OS. The molecule has 0 atom stereocenters. The Morgan fingerprint density at radius 2 is 2.00 bits per heavy atom. The second-order valence-corrected chi connectivity index (χ2v) is 7.91. The zero-order chi connectivity index (χ0) is 18.4. The van der Waals surface area contributed by atoms with Crippen molar-refractivity contribution in [2.75, 3.05) is 19.3 Å². The van der Waals surface area contributed by atoms with E-state index in [1.165, 1.54) is 0 Å². The van der Waals surface area contributed by atoms with Gasteiger partial charge in [0, 0.05) is 28.5 Å². The number of hydrogen-bond donors (Lipinski definition) is 0. The Bertz CT molecular complexity index is 789. The van der Waals surface area contributed by atoms with Crippen LogP contribution in [-0.4, -0.2) is 36.4 Å². The van der Waals surface area contributed by atoms with Gasteiger partial charge in [-0.2, -0.15) is 0 Å². The van der Waals surface area contributed by atoms with Crippen molar-refractivity contribution in [3.63, 3.8) is 0 Å². The number of rotatable bonds is 7. The third kappa shape index (κ3) is 5.72. The molecule has 2 aromatic carbocycles. The van der Waals surface area contributed by atoms with Crippen LogP contribution in [0.25, 0.3) is 0 Å². The number of hydrogen-bond acceptors (Lipinski definition) is 3. The monoisotopic (exact) mass is 418 g/mol. The molecule has 2 aromatic rings. The third-order valence-corrected chi connectivity index (χ3v) is 5.39. The van der Waals surface area contributed by atoms with Gasteiger partial charge in [0.25, 0.3) is 0 Å². The highest BCUT2D eigenvalue weighted by Crippen LogP contribution is 2.26. The smallest absolute Gasteiger partial charge is 0.173 e. The molecule has 0 N–H and O–H groups in total. The molecule has 132 valence electrons. The van der Waals surface area contributed by atoms with Crippen LogP contribution in [0.15, 0.2) is 50.8 Å². The van der Waals surface area contributed by atoms with Gasteiger partial charge in [0.2, 0.25) is 0 Å². The highest BCUT2D eigenvalue weighted by atomic mass is 79.9. The summed E-state index contributed by atoms with van der Waals surface area (Å²) in [4.78, 5) is 20.2. The number of ketones is 1. The Labute approximate surface area is 162 Å². The molecule has 3 nitrogen and oxygen atoms in total. The van der Waals surface area contributed by atoms with Crippen molar-refractivity contribution in [2.45, 2.75) is 25.7 Å². The minimum Gasteiger partial charge on any atom is -0.366 e. The second-order valence-electron chi connectivity index (χ2n) is 5.94. The maximum Gasteiger partial charge on any atom is 0.173 e. The molecule has 0 unspecified atom stereocenters. The Morgan fingerprint density at radius 3 is 2.68 bits per heavy atom. The van der Waals surface area contributed by atoms with Crippen LogP contribution < -0.4 is 0 Å². The average Bonchev–Trinajstić information content (AvgIpc) is 2.59. The van der Waals surface area contributed by atoms with E-state index in [1.54, 1.807) is 11.8 Å². The molecule has 0 aromatic heterocycles. The summed E-state index contributed by atoms with van der Waals surface area (Å²) in [5.74, 6) is 0.574. The molecule has 0 radical (unpaired) electrons. The standard InChI is InChI=1S/C20H23BrN2OS/c1-5-23(4)13-22-19-10-14(2)18(9-15(19)3)20(24)12-25-17-8-6-7-16(21)11-17/h6-11,13H,5,12H2,1-4H3. The van der Waals surface area contributed by atoms with Crippen LogP contribution in [0.4, 0.5) is 5.69 Å². The Balaban J connectivity index is 2.12. The molecule has 0 spiro atoms. The molecule has 0 aliphatic carbocycles. The lowest BCUT2D eigenvalue weighted by Crippen LogP contribution is -2.14. The van der Waals surface area contributed by atoms with Crippen molar-refractivity contribution in [3.05, 3.63) is 57.6 Å². The first-order valence-corrected chi connectivity index (χ1v) is 9.95. The van der Waals surface area contributed by atoms with E-state index in [0.29, 0.717) is 5.75 Å². The highest BCUT2D eigenvalue weighted by molar-refractivity contribution is 9.10. The number of thioether (sulfide) groups is 1. The van der Waals surface area contributed by atoms with Crippen LogP contribution in [0.3, 0.4) is 0 Å². The fourth-order valence-electron chi connectivity index (χ4n) is 2.27. The Hall–Kier alpha value is -1.59. The largest absolute Gasteiger partial charge is 0.366 e. The van der Waals surface area contributed by atoms with Gasteiger partial charge in [-0.25, -0.2) is 4.99 Å². The van der Waals surface area contributed by atoms with Crippen LogP contribution in [0.5, 0.6) is 0 Å². The predicted octanol–water partition coefficient (Wildman–Crippen LogP) is 5.65.